The molecule has 0 aliphatic rings. The Bertz CT molecular complexity index is 919. The lowest BCUT2D eigenvalue weighted by molar-refractivity contribution is -0.113. The number of hydrogen-bond donors (Lipinski definition) is 1. The quantitative estimate of drug-likeness (QED) is 0.505. The first kappa shape index (κ1) is 17.4. The minimum atomic E-state index is -0.137. The second-order valence-electron chi connectivity index (χ2n) is 5.12. The fourth-order valence-electron chi connectivity index (χ4n) is 2.18. The number of rotatable bonds is 7. The number of thiazole rings is 1. The highest BCUT2D eigenvalue weighted by atomic mass is 32.2. The lowest BCUT2D eigenvalue weighted by atomic mass is 10.3. The highest BCUT2D eigenvalue weighted by molar-refractivity contribution is 7.99. The molecule has 2 aromatic heterocycles. The van der Waals surface area contributed by atoms with Gasteiger partial charge in [-0.15, -0.1) is 16.8 Å². The van der Waals surface area contributed by atoms with Gasteiger partial charge >= 0.3 is 0 Å². The van der Waals surface area contributed by atoms with Crippen LogP contribution < -0.4 is 10.1 Å². The molecule has 0 aliphatic carbocycles. The van der Waals surface area contributed by atoms with Crippen LogP contribution in [-0.2, 0) is 11.3 Å². The van der Waals surface area contributed by atoms with Crippen molar-refractivity contribution in [1.82, 2.24) is 19.7 Å². The Balaban J connectivity index is 1.64. The molecule has 0 spiro atoms. The molecule has 0 bridgehead atoms. The molecule has 0 aliphatic heterocycles. The highest BCUT2D eigenvalue weighted by Gasteiger charge is 2.13. The summed E-state index contributed by atoms with van der Waals surface area (Å²) in [5.74, 6) is 1.65. The van der Waals surface area contributed by atoms with Gasteiger partial charge in [0.25, 0.3) is 0 Å². The number of nitrogens with one attached hydrogen (secondary N) is 1. The van der Waals surface area contributed by atoms with Gasteiger partial charge in [-0.2, -0.15) is 0 Å². The van der Waals surface area contributed by atoms with Gasteiger partial charge < -0.3 is 14.6 Å². The molecule has 0 fully saturated rings. The van der Waals surface area contributed by atoms with E-state index in [0.29, 0.717) is 16.8 Å². The van der Waals surface area contributed by atoms with Crippen molar-refractivity contribution in [1.29, 1.82) is 0 Å². The van der Waals surface area contributed by atoms with E-state index in [1.165, 1.54) is 23.1 Å². The molecule has 0 saturated carbocycles. The van der Waals surface area contributed by atoms with Crippen LogP contribution in [0.2, 0.25) is 0 Å². The third-order valence-electron chi connectivity index (χ3n) is 3.39. The van der Waals surface area contributed by atoms with Crippen LogP contribution in [0.5, 0.6) is 5.75 Å². The van der Waals surface area contributed by atoms with E-state index in [2.05, 4.69) is 27.1 Å². The number of hydrogen-bond acceptors (Lipinski definition) is 7. The number of fused-ring (bicyclic) bond motifs is 1. The molecule has 0 radical (unpaired) electrons. The zero-order valence-corrected chi connectivity index (χ0v) is 15.5. The van der Waals surface area contributed by atoms with Crippen LogP contribution in [-0.4, -0.2) is 38.5 Å². The average molecular weight is 375 g/mol. The molecule has 2 heterocycles. The van der Waals surface area contributed by atoms with Crippen LogP contribution in [0.4, 0.5) is 5.13 Å². The number of methoxy groups -OCH3 is 1. The number of amides is 1. The number of carbonyl (C=O) groups is 1. The largest absolute Gasteiger partial charge is 0.497 e. The summed E-state index contributed by atoms with van der Waals surface area (Å²) in [6.45, 7) is 6.21. The number of carbonyl (C=O) groups excluding carboxylic acids is 1. The van der Waals surface area contributed by atoms with E-state index in [1.807, 2.05) is 29.7 Å². The normalized spacial score (nSPS) is 10.8. The van der Waals surface area contributed by atoms with Crippen LogP contribution >= 0.6 is 23.1 Å². The summed E-state index contributed by atoms with van der Waals surface area (Å²) in [6, 6.07) is 5.62. The first-order chi connectivity index (χ1) is 12.1. The van der Waals surface area contributed by atoms with Crippen molar-refractivity contribution in [3.8, 4) is 5.75 Å². The number of benzene rings is 1. The van der Waals surface area contributed by atoms with E-state index in [0.717, 1.165) is 21.8 Å². The van der Waals surface area contributed by atoms with E-state index in [4.69, 9.17) is 4.74 Å². The molecule has 1 N–H and O–H groups in total. The van der Waals surface area contributed by atoms with Crippen LogP contribution in [0, 0.1) is 6.92 Å². The van der Waals surface area contributed by atoms with Gasteiger partial charge in [0.1, 0.15) is 11.6 Å². The average Bonchev–Trinajstić information content (AvgIpc) is 3.16. The molecule has 3 rings (SSSR count). The predicted molar refractivity (Wildman–Crippen MR) is 100 cm³/mol. The van der Waals surface area contributed by atoms with E-state index in [9.17, 15) is 4.79 Å². The van der Waals surface area contributed by atoms with Crippen LogP contribution in [0.1, 0.15) is 5.82 Å². The van der Waals surface area contributed by atoms with E-state index >= 15 is 0 Å². The molecule has 7 nitrogen and oxygen atoms in total. The topological polar surface area (TPSA) is 81.9 Å². The second-order valence-corrected chi connectivity index (χ2v) is 7.09. The van der Waals surface area contributed by atoms with Crippen LogP contribution in [0.3, 0.4) is 0 Å². The summed E-state index contributed by atoms with van der Waals surface area (Å²) in [5, 5.41) is 12.2. The van der Waals surface area contributed by atoms with Gasteiger partial charge in [-0.05, 0) is 25.1 Å². The van der Waals surface area contributed by atoms with E-state index < -0.39 is 0 Å². The van der Waals surface area contributed by atoms with Crippen molar-refractivity contribution >= 4 is 44.4 Å². The third kappa shape index (κ3) is 3.99. The molecule has 1 aromatic carbocycles. The number of ether oxygens (including phenoxy) is 1. The van der Waals surface area contributed by atoms with E-state index in [-0.39, 0.29) is 11.7 Å². The molecule has 25 heavy (non-hydrogen) atoms. The molecule has 9 heteroatoms. The number of anilines is 1. The Hall–Kier alpha value is -2.39. The summed E-state index contributed by atoms with van der Waals surface area (Å²) in [5.41, 5.74) is 0.829. The van der Waals surface area contributed by atoms with Gasteiger partial charge in [-0.3, -0.25) is 4.79 Å². The summed E-state index contributed by atoms with van der Waals surface area (Å²) in [7, 11) is 1.62. The minimum absolute atomic E-state index is 0.137. The maximum absolute atomic E-state index is 12.2. The maximum atomic E-state index is 12.2. The highest BCUT2D eigenvalue weighted by Crippen LogP contribution is 2.29. The Kier molecular flexibility index (Phi) is 5.34. The lowest BCUT2D eigenvalue weighted by Gasteiger charge is -2.04. The molecule has 0 saturated heterocycles. The summed E-state index contributed by atoms with van der Waals surface area (Å²) < 4.78 is 8.07. The Morgan fingerprint density at radius 3 is 3.08 bits per heavy atom. The van der Waals surface area contributed by atoms with Gasteiger partial charge in [0.05, 0.1) is 23.1 Å². The van der Waals surface area contributed by atoms with E-state index in [1.54, 1.807) is 13.2 Å². The molecule has 0 unspecified atom stereocenters. The first-order valence-electron chi connectivity index (χ1n) is 7.48. The molecule has 1 amide bonds. The zero-order chi connectivity index (χ0) is 17.8. The smallest absolute Gasteiger partial charge is 0.236 e. The lowest BCUT2D eigenvalue weighted by Crippen LogP contribution is -2.14. The van der Waals surface area contributed by atoms with Crippen LogP contribution in [0.15, 0.2) is 36.0 Å². The SMILES string of the molecule is C=CCn1c(C)nnc1SCC(=O)Nc1nc2ccc(OC)cc2s1. The van der Waals surface area contributed by atoms with Gasteiger partial charge in [0, 0.05) is 6.54 Å². The van der Waals surface area contributed by atoms with Crippen molar-refractivity contribution < 1.29 is 9.53 Å². The van der Waals surface area contributed by atoms with Crippen molar-refractivity contribution in [2.24, 2.45) is 0 Å². The third-order valence-corrected chi connectivity index (χ3v) is 5.29. The standard InChI is InChI=1S/C16H17N5O2S2/c1-4-7-21-10(2)19-20-16(21)24-9-14(22)18-15-17-12-6-5-11(23-3)8-13(12)25-15/h4-6,8H,1,7,9H2,2-3H3,(H,17,18,22). The van der Waals surface area contributed by atoms with Gasteiger partial charge in [-0.25, -0.2) is 4.98 Å². The van der Waals surface area contributed by atoms with Gasteiger partial charge in [0.2, 0.25) is 5.91 Å². The summed E-state index contributed by atoms with van der Waals surface area (Å²) in [4.78, 5) is 16.6. The maximum Gasteiger partial charge on any atom is 0.236 e. The van der Waals surface area contributed by atoms with Crippen molar-refractivity contribution in [2.75, 3.05) is 18.2 Å². The van der Waals surface area contributed by atoms with Crippen molar-refractivity contribution in [3.63, 3.8) is 0 Å². The second kappa shape index (κ2) is 7.66. The number of thioether (sulfide) groups is 1. The fourth-order valence-corrected chi connectivity index (χ4v) is 3.88. The Morgan fingerprint density at radius 1 is 1.48 bits per heavy atom. The van der Waals surface area contributed by atoms with Crippen molar-refractivity contribution in [3.05, 3.63) is 36.7 Å². The molecular weight excluding hydrogens is 358 g/mol. The molecule has 0 atom stereocenters. The summed E-state index contributed by atoms with van der Waals surface area (Å²) in [6.07, 6.45) is 1.77. The van der Waals surface area contributed by atoms with Crippen molar-refractivity contribution in [2.45, 2.75) is 18.6 Å². The monoisotopic (exact) mass is 375 g/mol. The number of aromatic nitrogens is 4. The molecular formula is C16H17N5O2S2. The molecule has 130 valence electrons. The number of nitrogens with zero attached hydrogens (tertiary/aromatic N) is 4. The number of aryl methyl sites for hydroxylation is 1. The number of allylic oxidation sites excluding steroid dienone is 1. The fraction of sp³-hybridized carbons (Fsp3) is 0.250. The predicted octanol–water partition coefficient (Wildman–Crippen LogP) is 3.12. The first-order valence-corrected chi connectivity index (χ1v) is 9.29. The minimum Gasteiger partial charge on any atom is -0.497 e. The Labute approximate surface area is 153 Å². The zero-order valence-electron chi connectivity index (χ0n) is 13.9. The van der Waals surface area contributed by atoms with Gasteiger partial charge in [-0.1, -0.05) is 29.2 Å². The Morgan fingerprint density at radius 2 is 2.32 bits per heavy atom. The van der Waals surface area contributed by atoms with Gasteiger partial charge in [0.15, 0.2) is 10.3 Å². The molecule has 3 aromatic rings. The van der Waals surface area contributed by atoms with Crippen LogP contribution in [0.25, 0.3) is 10.2 Å². The summed E-state index contributed by atoms with van der Waals surface area (Å²) >= 11 is 2.75.